The average Bonchev–Trinajstić information content (AvgIpc) is 3.24. The van der Waals surface area contributed by atoms with Gasteiger partial charge in [-0.2, -0.15) is 0 Å². The number of hydrogen-bond acceptors (Lipinski definition) is 5. The number of para-hydroxylation sites is 1. The first kappa shape index (κ1) is 23.1. The molecule has 5 nitrogen and oxygen atoms in total. The van der Waals surface area contributed by atoms with Crippen molar-refractivity contribution in [2.24, 2.45) is 0 Å². The molecule has 7 heteroatoms. The summed E-state index contributed by atoms with van der Waals surface area (Å²) < 4.78 is 1.62. The lowest BCUT2D eigenvalue weighted by Gasteiger charge is -2.13. The van der Waals surface area contributed by atoms with Crippen LogP contribution >= 0.6 is 23.1 Å². The maximum Gasteiger partial charge on any atom is 0.268 e. The van der Waals surface area contributed by atoms with Gasteiger partial charge in [0.25, 0.3) is 5.56 Å². The number of hydrogen-bond donors (Lipinski definition) is 1. The van der Waals surface area contributed by atoms with E-state index in [1.54, 1.807) is 4.57 Å². The van der Waals surface area contributed by atoms with Crippen LogP contribution < -0.4 is 10.9 Å². The van der Waals surface area contributed by atoms with E-state index in [1.807, 2.05) is 97.9 Å². The number of thiophene rings is 1. The Morgan fingerprint density at radius 1 is 0.943 bits per heavy atom. The molecule has 0 radical (unpaired) electrons. The first-order valence-corrected chi connectivity index (χ1v) is 13.0. The Labute approximate surface area is 211 Å². The van der Waals surface area contributed by atoms with E-state index < -0.39 is 0 Å². The van der Waals surface area contributed by atoms with Crippen molar-refractivity contribution in [2.45, 2.75) is 18.6 Å². The van der Waals surface area contributed by atoms with E-state index in [-0.39, 0.29) is 17.2 Å². The number of fused-ring (bicyclic) bond motifs is 1. The number of carbonyl (C=O) groups is 1. The predicted octanol–water partition coefficient (Wildman–Crippen LogP) is 5.83. The lowest BCUT2D eigenvalue weighted by atomic mass is 10.0. The van der Waals surface area contributed by atoms with Gasteiger partial charge < -0.3 is 5.32 Å². The van der Waals surface area contributed by atoms with Crippen LogP contribution in [0.4, 0.5) is 0 Å². The Morgan fingerprint density at radius 3 is 2.26 bits per heavy atom. The fraction of sp³-hybridized carbons (Fsp3) is 0.107. The third-order valence-electron chi connectivity index (χ3n) is 5.61. The fourth-order valence-electron chi connectivity index (χ4n) is 3.97. The molecule has 5 rings (SSSR count). The molecular formula is C28H23N3O2S2. The summed E-state index contributed by atoms with van der Waals surface area (Å²) in [6.45, 7) is 2.48. The molecule has 1 amide bonds. The van der Waals surface area contributed by atoms with Crippen LogP contribution in [0.15, 0.2) is 101 Å². The van der Waals surface area contributed by atoms with Crippen LogP contribution in [-0.4, -0.2) is 21.2 Å². The average molecular weight is 498 g/mol. The summed E-state index contributed by atoms with van der Waals surface area (Å²) in [5.41, 5.74) is 3.55. The summed E-state index contributed by atoms with van der Waals surface area (Å²) in [4.78, 5) is 33.1. The van der Waals surface area contributed by atoms with Gasteiger partial charge in [-0.3, -0.25) is 14.2 Å². The van der Waals surface area contributed by atoms with Gasteiger partial charge in [-0.1, -0.05) is 90.6 Å². The topological polar surface area (TPSA) is 64.0 Å². The van der Waals surface area contributed by atoms with Crippen molar-refractivity contribution in [3.63, 3.8) is 0 Å². The van der Waals surface area contributed by atoms with Crippen molar-refractivity contribution in [2.75, 3.05) is 5.75 Å². The molecule has 0 spiro atoms. The van der Waals surface area contributed by atoms with E-state index in [9.17, 15) is 9.59 Å². The summed E-state index contributed by atoms with van der Waals surface area (Å²) in [5, 5.41) is 4.06. The largest absolute Gasteiger partial charge is 0.351 e. The first-order valence-electron chi connectivity index (χ1n) is 11.2. The van der Waals surface area contributed by atoms with Crippen molar-refractivity contribution in [3.8, 4) is 16.8 Å². The van der Waals surface area contributed by atoms with Crippen LogP contribution in [0, 0.1) is 6.92 Å². The fourth-order valence-corrected chi connectivity index (χ4v) is 5.90. The minimum Gasteiger partial charge on any atom is -0.351 e. The van der Waals surface area contributed by atoms with Gasteiger partial charge >= 0.3 is 0 Å². The number of thioether (sulfide) groups is 1. The van der Waals surface area contributed by atoms with E-state index in [2.05, 4.69) is 5.32 Å². The Bertz CT molecular complexity index is 1530. The SMILES string of the molecule is Cc1sc2nc(SCC(=O)NCc3ccccc3)n(-c3ccccc3)c(=O)c2c1-c1ccccc1. The van der Waals surface area contributed by atoms with Gasteiger partial charge in [0.1, 0.15) is 4.83 Å². The second kappa shape index (κ2) is 10.3. The molecule has 0 saturated carbocycles. The molecule has 0 aliphatic heterocycles. The number of aryl methyl sites for hydroxylation is 1. The summed E-state index contributed by atoms with van der Waals surface area (Å²) >= 11 is 2.78. The number of nitrogens with zero attached hydrogens (tertiary/aromatic N) is 2. The smallest absolute Gasteiger partial charge is 0.268 e. The zero-order valence-electron chi connectivity index (χ0n) is 19.1. The third kappa shape index (κ3) is 4.92. The number of rotatable bonds is 7. The quantitative estimate of drug-likeness (QED) is 0.227. The second-order valence-electron chi connectivity index (χ2n) is 8.00. The Morgan fingerprint density at radius 2 is 1.57 bits per heavy atom. The third-order valence-corrected chi connectivity index (χ3v) is 7.55. The molecule has 0 saturated heterocycles. The summed E-state index contributed by atoms with van der Waals surface area (Å²) in [6, 6.07) is 29.2. The Hall–Kier alpha value is -3.68. The molecule has 174 valence electrons. The molecule has 0 aliphatic rings. The predicted molar refractivity (Wildman–Crippen MR) is 144 cm³/mol. The van der Waals surface area contributed by atoms with Crippen molar-refractivity contribution in [1.82, 2.24) is 14.9 Å². The number of amides is 1. The normalized spacial score (nSPS) is 11.0. The van der Waals surface area contributed by atoms with Gasteiger partial charge in [0, 0.05) is 17.0 Å². The zero-order valence-corrected chi connectivity index (χ0v) is 20.7. The van der Waals surface area contributed by atoms with Gasteiger partial charge in [-0.25, -0.2) is 4.98 Å². The number of nitrogens with one attached hydrogen (secondary N) is 1. The maximum atomic E-state index is 13.9. The monoisotopic (exact) mass is 497 g/mol. The van der Waals surface area contributed by atoms with Crippen LogP contribution in [0.2, 0.25) is 0 Å². The molecule has 3 aromatic carbocycles. The van der Waals surface area contributed by atoms with Crippen molar-refractivity contribution >= 4 is 39.2 Å². The summed E-state index contributed by atoms with van der Waals surface area (Å²) in [7, 11) is 0. The molecule has 2 heterocycles. The van der Waals surface area contributed by atoms with Crippen LogP contribution in [-0.2, 0) is 11.3 Å². The Kier molecular flexibility index (Phi) is 6.79. The van der Waals surface area contributed by atoms with E-state index >= 15 is 0 Å². The van der Waals surface area contributed by atoms with Gasteiger partial charge in [-0.05, 0) is 30.2 Å². The number of aromatic nitrogens is 2. The number of benzene rings is 3. The Balaban J connectivity index is 1.52. The van der Waals surface area contributed by atoms with Crippen molar-refractivity contribution in [3.05, 3.63) is 112 Å². The molecule has 2 aromatic heterocycles. The second-order valence-corrected chi connectivity index (χ2v) is 10.1. The van der Waals surface area contributed by atoms with E-state index in [0.29, 0.717) is 21.9 Å². The highest BCUT2D eigenvalue weighted by Crippen LogP contribution is 2.36. The molecule has 0 bridgehead atoms. The lowest BCUT2D eigenvalue weighted by molar-refractivity contribution is -0.118. The summed E-state index contributed by atoms with van der Waals surface area (Å²) in [6.07, 6.45) is 0. The molecule has 0 unspecified atom stereocenters. The first-order chi connectivity index (χ1) is 17.1. The van der Waals surface area contributed by atoms with Crippen molar-refractivity contribution < 1.29 is 4.79 Å². The molecule has 0 fully saturated rings. The van der Waals surface area contributed by atoms with Crippen LogP contribution in [0.3, 0.4) is 0 Å². The standard InChI is InChI=1S/C28H23N3O2S2/c1-19-24(21-13-7-3-8-14-21)25-26(35-19)30-28(31(27(25)33)22-15-9-4-10-16-22)34-18-23(32)29-17-20-11-5-2-6-12-20/h2-16H,17-18H2,1H3,(H,29,32). The molecule has 35 heavy (non-hydrogen) atoms. The van der Waals surface area contributed by atoms with Crippen LogP contribution in [0.5, 0.6) is 0 Å². The molecule has 0 atom stereocenters. The van der Waals surface area contributed by atoms with Gasteiger partial charge in [0.2, 0.25) is 5.91 Å². The molecular weight excluding hydrogens is 474 g/mol. The minimum atomic E-state index is -0.128. The van der Waals surface area contributed by atoms with Gasteiger partial charge in [0.05, 0.1) is 16.8 Å². The summed E-state index contributed by atoms with van der Waals surface area (Å²) in [5.74, 6) is 0.0493. The minimum absolute atomic E-state index is 0.111. The van der Waals surface area contributed by atoms with Gasteiger partial charge in [-0.15, -0.1) is 11.3 Å². The van der Waals surface area contributed by atoms with E-state index in [0.717, 1.165) is 27.3 Å². The molecule has 0 aliphatic carbocycles. The van der Waals surface area contributed by atoms with E-state index in [1.165, 1.54) is 23.1 Å². The van der Waals surface area contributed by atoms with Crippen molar-refractivity contribution in [1.29, 1.82) is 0 Å². The van der Waals surface area contributed by atoms with E-state index in [4.69, 9.17) is 4.98 Å². The molecule has 1 N–H and O–H groups in total. The highest BCUT2D eigenvalue weighted by molar-refractivity contribution is 7.99. The number of carbonyl (C=O) groups excluding carboxylic acids is 1. The lowest BCUT2D eigenvalue weighted by Crippen LogP contribution is -2.26. The van der Waals surface area contributed by atoms with Crippen LogP contribution in [0.25, 0.3) is 27.0 Å². The maximum absolute atomic E-state index is 13.9. The highest BCUT2D eigenvalue weighted by Gasteiger charge is 2.21. The van der Waals surface area contributed by atoms with Gasteiger partial charge in [0.15, 0.2) is 5.16 Å². The van der Waals surface area contributed by atoms with Crippen LogP contribution in [0.1, 0.15) is 10.4 Å². The highest BCUT2D eigenvalue weighted by atomic mass is 32.2. The zero-order chi connectivity index (χ0) is 24.2. The molecule has 5 aromatic rings.